The highest BCUT2D eigenvalue weighted by Gasteiger charge is 2.33. The number of aryl methyl sites for hydroxylation is 1. The van der Waals surface area contributed by atoms with Crippen molar-refractivity contribution in [2.75, 3.05) is 20.2 Å². The predicted octanol–water partition coefficient (Wildman–Crippen LogP) is 2.68. The topological polar surface area (TPSA) is 47.8 Å². The zero-order valence-electron chi connectivity index (χ0n) is 16.4. The largest absolute Gasteiger partial charge is 0.496 e. The zero-order valence-corrected chi connectivity index (χ0v) is 16.4. The summed E-state index contributed by atoms with van der Waals surface area (Å²) in [7, 11) is 1.63. The minimum absolute atomic E-state index is 0.0221. The number of ketones is 2. The average molecular weight is 366 g/mol. The Morgan fingerprint density at radius 3 is 2.26 bits per heavy atom. The Balaban J connectivity index is 1.94. The molecule has 0 amide bonds. The molecule has 1 fully saturated rings. The van der Waals surface area contributed by atoms with Crippen LogP contribution in [0.5, 0.6) is 5.75 Å². The lowest BCUT2D eigenvalue weighted by Gasteiger charge is -2.24. The van der Waals surface area contributed by atoms with E-state index in [0.717, 1.165) is 48.4 Å². The quantitative estimate of drug-likeness (QED) is 0.767. The minimum Gasteiger partial charge on any atom is -0.496 e. The number of hydrogen-bond acceptors (Lipinski definition) is 3. The smallest absolute Gasteiger partial charge is 0.220 e. The molecule has 2 aromatic carbocycles. The number of benzene rings is 2. The molecule has 0 unspecified atom stereocenters. The van der Waals surface area contributed by atoms with E-state index in [4.69, 9.17) is 4.74 Å². The molecule has 1 saturated heterocycles. The minimum atomic E-state index is -0.161. The molecule has 0 aliphatic carbocycles. The second kappa shape index (κ2) is 8.49. The van der Waals surface area contributed by atoms with Gasteiger partial charge < -0.3 is 9.64 Å². The molecule has 0 saturated carbocycles. The molecule has 1 aliphatic heterocycles. The van der Waals surface area contributed by atoms with E-state index in [1.165, 1.54) is 4.90 Å². The van der Waals surface area contributed by atoms with Crippen LogP contribution in [0.1, 0.15) is 51.6 Å². The molecule has 2 aromatic rings. The van der Waals surface area contributed by atoms with E-state index in [0.29, 0.717) is 12.0 Å². The average Bonchev–Trinajstić information content (AvgIpc) is 3.20. The molecule has 1 N–H and O–H groups in total. The van der Waals surface area contributed by atoms with Gasteiger partial charge >= 0.3 is 0 Å². The molecule has 0 spiro atoms. The summed E-state index contributed by atoms with van der Waals surface area (Å²) < 4.78 is 5.51. The summed E-state index contributed by atoms with van der Waals surface area (Å²) in [5, 5.41) is 0. The molecule has 1 atom stereocenters. The number of hydrogen-bond donors (Lipinski definition) is 1. The molecule has 0 bridgehead atoms. The summed E-state index contributed by atoms with van der Waals surface area (Å²) in [5.41, 5.74) is 3.48. The van der Waals surface area contributed by atoms with E-state index in [1.54, 1.807) is 20.1 Å². The van der Waals surface area contributed by atoms with Gasteiger partial charge in [0, 0.05) is 36.0 Å². The predicted molar refractivity (Wildman–Crippen MR) is 106 cm³/mol. The van der Waals surface area contributed by atoms with Crippen molar-refractivity contribution < 1.29 is 19.2 Å². The summed E-state index contributed by atoms with van der Waals surface area (Å²) in [6.45, 7) is 5.61. The third-order valence-electron chi connectivity index (χ3n) is 5.50. The normalized spacial score (nSPS) is 15.5. The maximum Gasteiger partial charge on any atom is 0.220 e. The molecular formula is C23H28NO3+. The number of carbonyl (C=O) groups excluding carboxylic acids is 2. The summed E-state index contributed by atoms with van der Waals surface area (Å²) in [4.78, 5) is 26.5. The third-order valence-corrected chi connectivity index (χ3v) is 5.50. The third kappa shape index (κ3) is 4.45. The number of carbonyl (C=O) groups is 2. The van der Waals surface area contributed by atoms with Crippen LogP contribution in [0.25, 0.3) is 0 Å². The SMILES string of the molecule is COc1ccc(C(C)=O)cc1C[C@@H](C(=O)c1ccc(C)cc1)[NH+]1CCCC1. The summed E-state index contributed by atoms with van der Waals surface area (Å²) >= 11 is 0. The summed E-state index contributed by atoms with van der Waals surface area (Å²) in [6, 6.07) is 13.1. The number of rotatable bonds is 7. The Morgan fingerprint density at radius 1 is 1.04 bits per heavy atom. The first kappa shape index (κ1) is 19.3. The molecule has 1 heterocycles. The Hall–Kier alpha value is -2.46. The van der Waals surface area contributed by atoms with Crippen molar-refractivity contribution in [3.05, 3.63) is 64.7 Å². The Morgan fingerprint density at radius 2 is 1.67 bits per heavy atom. The van der Waals surface area contributed by atoms with Gasteiger partial charge in [-0.1, -0.05) is 29.8 Å². The Kier molecular flexibility index (Phi) is 6.07. The van der Waals surface area contributed by atoms with Crippen molar-refractivity contribution >= 4 is 11.6 Å². The lowest BCUT2D eigenvalue weighted by atomic mass is 9.94. The van der Waals surface area contributed by atoms with Crippen LogP contribution in [0.15, 0.2) is 42.5 Å². The molecule has 3 rings (SSSR count). The number of quaternary nitrogens is 1. The first-order valence-electron chi connectivity index (χ1n) is 9.63. The summed E-state index contributed by atoms with van der Waals surface area (Å²) in [5.74, 6) is 0.927. The fourth-order valence-corrected chi connectivity index (χ4v) is 3.90. The molecule has 4 nitrogen and oxygen atoms in total. The van der Waals surface area contributed by atoms with E-state index in [2.05, 4.69) is 0 Å². The van der Waals surface area contributed by atoms with Crippen LogP contribution in [0.4, 0.5) is 0 Å². The number of ether oxygens (including phenoxy) is 1. The van der Waals surface area contributed by atoms with Crippen molar-refractivity contribution in [1.82, 2.24) is 0 Å². The molecular weight excluding hydrogens is 338 g/mol. The fourth-order valence-electron chi connectivity index (χ4n) is 3.90. The van der Waals surface area contributed by atoms with Gasteiger partial charge in [0.25, 0.3) is 0 Å². The van der Waals surface area contributed by atoms with Crippen LogP contribution >= 0.6 is 0 Å². The first-order valence-corrected chi connectivity index (χ1v) is 9.63. The highest BCUT2D eigenvalue weighted by Crippen LogP contribution is 2.22. The van der Waals surface area contributed by atoms with Gasteiger partial charge in [-0.15, -0.1) is 0 Å². The van der Waals surface area contributed by atoms with Gasteiger partial charge in [-0.3, -0.25) is 9.59 Å². The van der Waals surface area contributed by atoms with Crippen molar-refractivity contribution in [2.45, 2.75) is 39.2 Å². The van der Waals surface area contributed by atoms with E-state index in [-0.39, 0.29) is 17.6 Å². The van der Waals surface area contributed by atoms with E-state index in [9.17, 15) is 9.59 Å². The fraction of sp³-hybridized carbons (Fsp3) is 0.391. The number of methoxy groups -OCH3 is 1. The van der Waals surface area contributed by atoms with Crippen LogP contribution in [-0.4, -0.2) is 37.8 Å². The first-order chi connectivity index (χ1) is 13.0. The van der Waals surface area contributed by atoms with Gasteiger partial charge in [0.05, 0.1) is 20.2 Å². The number of Topliss-reactive ketones (excluding diaryl/α,β-unsaturated/α-hetero) is 2. The molecule has 0 aromatic heterocycles. The monoisotopic (exact) mass is 366 g/mol. The second-order valence-corrected chi connectivity index (χ2v) is 7.44. The maximum absolute atomic E-state index is 13.3. The van der Waals surface area contributed by atoms with E-state index >= 15 is 0 Å². The van der Waals surface area contributed by atoms with E-state index in [1.807, 2.05) is 43.3 Å². The molecule has 1 aliphatic rings. The second-order valence-electron chi connectivity index (χ2n) is 7.44. The van der Waals surface area contributed by atoms with Gasteiger partial charge in [0.2, 0.25) is 5.78 Å². The highest BCUT2D eigenvalue weighted by molar-refractivity contribution is 5.99. The number of likely N-dealkylation sites (tertiary alicyclic amines) is 1. The standard InChI is InChI=1S/C23H27NO3/c1-16-6-8-18(9-7-16)23(26)21(24-12-4-5-13-24)15-20-14-19(17(2)25)10-11-22(20)27-3/h6-11,14,21H,4-5,12-13,15H2,1-3H3/p+1/t21-/m0/s1. The van der Waals surface area contributed by atoms with Gasteiger partial charge in [0.1, 0.15) is 5.75 Å². The van der Waals surface area contributed by atoms with Gasteiger partial charge in [0.15, 0.2) is 11.8 Å². The van der Waals surface area contributed by atoms with Gasteiger partial charge in [-0.25, -0.2) is 0 Å². The van der Waals surface area contributed by atoms with Gasteiger partial charge in [-0.05, 0) is 32.0 Å². The van der Waals surface area contributed by atoms with Crippen LogP contribution in [0, 0.1) is 6.92 Å². The van der Waals surface area contributed by atoms with Gasteiger partial charge in [-0.2, -0.15) is 0 Å². The van der Waals surface area contributed by atoms with Crippen molar-refractivity contribution in [3.63, 3.8) is 0 Å². The molecule has 27 heavy (non-hydrogen) atoms. The highest BCUT2D eigenvalue weighted by atomic mass is 16.5. The maximum atomic E-state index is 13.3. The number of nitrogens with one attached hydrogen (secondary N) is 1. The van der Waals surface area contributed by atoms with Crippen molar-refractivity contribution in [1.29, 1.82) is 0 Å². The van der Waals surface area contributed by atoms with Crippen LogP contribution in [-0.2, 0) is 6.42 Å². The van der Waals surface area contributed by atoms with Crippen LogP contribution < -0.4 is 9.64 Å². The van der Waals surface area contributed by atoms with Crippen LogP contribution in [0.3, 0.4) is 0 Å². The zero-order chi connectivity index (χ0) is 19.4. The molecule has 0 radical (unpaired) electrons. The lowest BCUT2D eigenvalue weighted by Crippen LogP contribution is -3.15. The Bertz CT molecular complexity index is 820. The molecule has 4 heteroatoms. The van der Waals surface area contributed by atoms with Crippen molar-refractivity contribution in [2.24, 2.45) is 0 Å². The summed E-state index contributed by atoms with van der Waals surface area (Å²) in [6.07, 6.45) is 2.88. The van der Waals surface area contributed by atoms with Crippen LogP contribution in [0.2, 0.25) is 0 Å². The molecule has 142 valence electrons. The van der Waals surface area contributed by atoms with E-state index < -0.39 is 0 Å². The lowest BCUT2D eigenvalue weighted by molar-refractivity contribution is -0.903. The van der Waals surface area contributed by atoms with Crippen molar-refractivity contribution in [3.8, 4) is 5.75 Å². The Labute approximate surface area is 161 Å².